The van der Waals surface area contributed by atoms with Gasteiger partial charge in [-0.1, -0.05) is 53.5 Å². The van der Waals surface area contributed by atoms with E-state index in [0.29, 0.717) is 33.6 Å². The van der Waals surface area contributed by atoms with Crippen molar-refractivity contribution in [1.82, 2.24) is 4.98 Å². The number of halogens is 2. The summed E-state index contributed by atoms with van der Waals surface area (Å²) in [7, 11) is 0. The van der Waals surface area contributed by atoms with Crippen molar-refractivity contribution in [3.05, 3.63) is 80.3 Å². The van der Waals surface area contributed by atoms with Crippen LogP contribution in [0.5, 0.6) is 0 Å². The molecule has 1 aromatic heterocycles. The van der Waals surface area contributed by atoms with Crippen LogP contribution in [-0.2, 0) is 22.4 Å². The van der Waals surface area contributed by atoms with Gasteiger partial charge in [-0.05, 0) is 23.3 Å². The van der Waals surface area contributed by atoms with Gasteiger partial charge in [0.2, 0.25) is 0 Å². The normalized spacial score (nSPS) is 15.6. The summed E-state index contributed by atoms with van der Waals surface area (Å²) in [6.45, 7) is 0. The van der Waals surface area contributed by atoms with E-state index in [-0.39, 0.29) is 0 Å². The van der Waals surface area contributed by atoms with Crippen molar-refractivity contribution in [1.29, 1.82) is 0 Å². The average Bonchev–Trinajstić information content (AvgIpc) is 3.12. The first-order valence-electron chi connectivity index (χ1n) is 8.48. The van der Waals surface area contributed by atoms with E-state index in [1.807, 2.05) is 24.3 Å². The maximum absolute atomic E-state index is 12.5. The minimum Gasteiger partial charge on any atom is -0.448 e. The Morgan fingerprint density at radius 3 is 2.89 bits per heavy atom. The summed E-state index contributed by atoms with van der Waals surface area (Å²) in [5.41, 5.74) is 2.18. The highest BCUT2D eigenvalue weighted by Crippen LogP contribution is 2.30. The summed E-state index contributed by atoms with van der Waals surface area (Å²) in [6, 6.07) is 12.6. The van der Waals surface area contributed by atoms with Crippen LogP contribution in [0.2, 0.25) is 10.0 Å². The van der Waals surface area contributed by atoms with E-state index in [1.54, 1.807) is 24.4 Å². The monoisotopic (exact) mass is 432 g/mol. The first-order valence-corrected chi connectivity index (χ1v) is 10.1. The van der Waals surface area contributed by atoms with E-state index in [2.05, 4.69) is 10.3 Å². The number of cyclic esters (lactones) is 1. The maximum atomic E-state index is 12.5. The van der Waals surface area contributed by atoms with Gasteiger partial charge in [0.25, 0.3) is 5.91 Å². The Balaban J connectivity index is 1.44. The first kappa shape index (κ1) is 18.9. The van der Waals surface area contributed by atoms with Crippen LogP contribution in [0.15, 0.2) is 48.7 Å². The molecule has 5 nitrogen and oxygen atoms in total. The Morgan fingerprint density at radius 2 is 2.04 bits per heavy atom. The number of aromatic nitrogens is 1. The Labute approximate surface area is 175 Å². The molecule has 2 heterocycles. The van der Waals surface area contributed by atoms with Gasteiger partial charge in [0.15, 0.2) is 11.2 Å². The predicted molar refractivity (Wildman–Crippen MR) is 109 cm³/mol. The largest absolute Gasteiger partial charge is 0.448 e. The number of nitrogens with zero attached hydrogens (tertiary/aromatic N) is 1. The van der Waals surface area contributed by atoms with Gasteiger partial charge >= 0.3 is 5.97 Å². The lowest BCUT2D eigenvalue weighted by Crippen LogP contribution is -2.37. The number of amides is 1. The Morgan fingerprint density at radius 1 is 1.21 bits per heavy atom. The van der Waals surface area contributed by atoms with Gasteiger partial charge in [0.1, 0.15) is 0 Å². The molecule has 0 bridgehead atoms. The number of anilines is 1. The highest BCUT2D eigenvalue weighted by Gasteiger charge is 2.31. The van der Waals surface area contributed by atoms with Gasteiger partial charge in [-0.2, -0.15) is 0 Å². The standard InChI is InChI=1S/C20H14Cl2N2O3S/c21-15-7-3-5-12(17(15)22)8-13-10-23-20(28-13)24-18(25)16-9-11-4-1-2-6-14(11)19(26)27-16/h1-7,10,16H,8-9H2,(H,23,24,25)/t16-/m1/s1. The van der Waals surface area contributed by atoms with Crippen molar-refractivity contribution < 1.29 is 14.3 Å². The topological polar surface area (TPSA) is 68.3 Å². The molecule has 0 fully saturated rings. The molecule has 0 unspecified atom stereocenters. The van der Waals surface area contributed by atoms with Crippen molar-refractivity contribution in [3.63, 3.8) is 0 Å². The number of esters is 1. The van der Waals surface area contributed by atoms with E-state index >= 15 is 0 Å². The summed E-state index contributed by atoms with van der Waals surface area (Å²) >= 11 is 13.6. The summed E-state index contributed by atoms with van der Waals surface area (Å²) in [4.78, 5) is 29.8. The molecule has 0 aliphatic carbocycles. The minimum atomic E-state index is -0.878. The predicted octanol–water partition coefficient (Wildman–Crippen LogP) is 4.76. The average molecular weight is 433 g/mol. The van der Waals surface area contributed by atoms with Crippen LogP contribution in [0.1, 0.15) is 26.4 Å². The number of carbonyl (C=O) groups excluding carboxylic acids is 2. The van der Waals surface area contributed by atoms with E-state index in [0.717, 1.165) is 16.0 Å². The zero-order chi connectivity index (χ0) is 19.7. The second-order valence-corrected chi connectivity index (χ2v) is 8.17. The van der Waals surface area contributed by atoms with E-state index in [9.17, 15) is 9.59 Å². The van der Waals surface area contributed by atoms with Gasteiger partial charge in [0.05, 0.1) is 15.6 Å². The fraction of sp³-hybridized carbons (Fsp3) is 0.150. The van der Waals surface area contributed by atoms with Crippen molar-refractivity contribution in [2.24, 2.45) is 0 Å². The molecule has 28 heavy (non-hydrogen) atoms. The fourth-order valence-electron chi connectivity index (χ4n) is 2.98. The zero-order valence-electron chi connectivity index (χ0n) is 14.4. The molecule has 1 amide bonds. The summed E-state index contributed by atoms with van der Waals surface area (Å²) in [5, 5.41) is 4.17. The molecule has 8 heteroatoms. The van der Waals surface area contributed by atoms with E-state index in [1.165, 1.54) is 11.3 Å². The number of carbonyl (C=O) groups is 2. The summed E-state index contributed by atoms with van der Waals surface area (Å²) < 4.78 is 5.27. The Hall–Kier alpha value is -2.41. The van der Waals surface area contributed by atoms with Gasteiger partial charge < -0.3 is 4.74 Å². The molecular weight excluding hydrogens is 419 g/mol. The molecule has 0 spiro atoms. The Bertz CT molecular complexity index is 1070. The number of ether oxygens (including phenoxy) is 1. The molecule has 1 N–H and O–H groups in total. The second kappa shape index (κ2) is 7.91. The summed E-state index contributed by atoms with van der Waals surface area (Å²) in [6.07, 6.45) is 1.69. The van der Waals surface area contributed by atoms with Crippen LogP contribution in [-0.4, -0.2) is 23.0 Å². The van der Waals surface area contributed by atoms with Crippen LogP contribution in [0.4, 0.5) is 5.13 Å². The van der Waals surface area contributed by atoms with Gasteiger partial charge in [-0.25, -0.2) is 9.78 Å². The highest BCUT2D eigenvalue weighted by atomic mass is 35.5. The van der Waals surface area contributed by atoms with Crippen molar-refractivity contribution >= 4 is 51.5 Å². The maximum Gasteiger partial charge on any atom is 0.339 e. The molecule has 2 aromatic carbocycles. The van der Waals surface area contributed by atoms with Crippen LogP contribution in [0, 0.1) is 0 Å². The third kappa shape index (κ3) is 3.90. The van der Waals surface area contributed by atoms with Crippen LogP contribution in [0.3, 0.4) is 0 Å². The molecule has 0 saturated heterocycles. The molecule has 3 aromatic rings. The van der Waals surface area contributed by atoms with Gasteiger partial charge in [0, 0.05) is 23.9 Å². The van der Waals surface area contributed by atoms with Crippen molar-refractivity contribution in [2.75, 3.05) is 5.32 Å². The lowest BCUT2D eigenvalue weighted by molar-refractivity contribution is -0.125. The molecule has 1 atom stereocenters. The lowest BCUT2D eigenvalue weighted by Gasteiger charge is -2.23. The van der Waals surface area contributed by atoms with Crippen molar-refractivity contribution in [3.8, 4) is 0 Å². The van der Waals surface area contributed by atoms with Crippen LogP contribution in [0.25, 0.3) is 0 Å². The van der Waals surface area contributed by atoms with Crippen LogP contribution >= 0.6 is 34.5 Å². The molecule has 4 rings (SSSR count). The number of thiazole rings is 1. The number of fused-ring (bicyclic) bond motifs is 1. The number of hydrogen-bond acceptors (Lipinski definition) is 5. The highest BCUT2D eigenvalue weighted by molar-refractivity contribution is 7.15. The second-order valence-electron chi connectivity index (χ2n) is 6.27. The quantitative estimate of drug-likeness (QED) is 0.603. The number of rotatable bonds is 4. The minimum absolute atomic E-state index is 0.337. The number of hydrogen-bond donors (Lipinski definition) is 1. The molecular formula is C20H14Cl2N2O3S. The molecule has 0 radical (unpaired) electrons. The Kier molecular flexibility index (Phi) is 5.35. The zero-order valence-corrected chi connectivity index (χ0v) is 16.8. The number of benzene rings is 2. The third-order valence-corrected chi connectivity index (χ3v) is 6.14. The summed E-state index contributed by atoms with van der Waals surface area (Å²) in [5.74, 6) is -0.887. The molecule has 1 aliphatic heterocycles. The first-order chi connectivity index (χ1) is 13.5. The van der Waals surface area contributed by atoms with E-state index in [4.69, 9.17) is 27.9 Å². The smallest absolute Gasteiger partial charge is 0.339 e. The van der Waals surface area contributed by atoms with Crippen molar-refractivity contribution in [2.45, 2.75) is 18.9 Å². The van der Waals surface area contributed by atoms with Gasteiger partial charge in [-0.15, -0.1) is 11.3 Å². The molecule has 142 valence electrons. The number of nitrogens with one attached hydrogen (secondary N) is 1. The molecule has 1 aliphatic rings. The third-order valence-electron chi connectivity index (χ3n) is 4.36. The molecule has 0 saturated carbocycles. The SMILES string of the molecule is O=C1O[C@@H](C(=O)Nc2ncc(Cc3cccc(Cl)c3Cl)s2)Cc2ccccc21. The van der Waals surface area contributed by atoms with Gasteiger partial charge in [-0.3, -0.25) is 10.1 Å². The van der Waals surface area contributed by atoms with Crippen LogP contribution < -0.4 is 5.32 Å². The fourth-order valence-corrected chi connectivity index (χ4v) is 4.21. The lowest BCUT2D eigenvalue weighted by atomic mass is 9.98. The van der Waals surface area contributed by atoms with E-state index < -0.39 is 18.0 Å².